The van der Waals surface area contributed by atoms with Gasteiger partial charge in [0.05, 0.1) is 6.61 Å². The quantitative estimate of drug-likeness (QED) is 0.493. The normalized spacial score (nSPS) is 9.75. The minimum absolute atomic E-state index is 0.0144. The largest absolute Gasteiger partial charge is 0.381 e. The highest BCUT2D eigenvalue weighted by atomic mass is 16.5. The molecule has 0 unspecified atom stereocenters. The molecule has 48 valence electrons. The maximum atomic E-state index is 9.82. The van der Waals surface area contributed by atoms with E-state index in [9.17, 15) is 5.11 Å². The standard InChI is InChI=1S/C6H12O2/c1-2-8-6-4-3-5-7/h1-6H2. The van der Waals surface area contributed by atoms with Crippen LogP contribution in [0, 0.1) is 6.92 Å². The van der Waals surface area contributed by atoms with Gasteiger partial charge in [-0.1, -0.05) is 0 Å². The molecule has 0 amide bonds. The van der Waals surface area contributed by atoms with Crippen LogP contribution in [0.2, 0.25) is 0 Å². The summed E-state index contributed by atoms with van der Waals surface area (Å²) in [7, 11) is 0. The van der Waals surface area contributed by atoms with E-state index in [-0.39, 0.29) is 6.61 Å². The van der Waals surface area contributed by atoms with Crippen molar-refractivity contribution in [1.82, 2.24) is 0 Å². The first kappa shape index (κ1) is 7.92. The lowest BCUT2D eigenvalue weighted by Gasteiger charge is -1.95. The zero-order valence-electron chi connectivity index (χ0n) is 5.06. The van der Waals surface area contributed by atoms with Crippen molar-refractivity contribution in [3.05, 3.63) is 6.92 Å². The van der Waals surface area contributed by atoms with Gasteiger partial charge in [0.1, 0.15) is 0 Å². The molecule has 0 atom stereocenters. The highest BCUT2D eigenvalue weighted by Gasteiger charge is 1.84. The molecule has 2 nitrogen and oxygen atoms in total. The molecule has 2 radical (unpaired) electrons. The number of hydrogen-bond donors (Lipinski definition) is 0. The first-order chi connectivity index (χ1) is 3.91. The zero-order valence-corrected chi connectivity index (χ0v) is 5.06. The fourth-order valence-corrected chi connectivity index (χ4v) is 0.408. The second-order valence-corrected chi connectivity index (χ2v) is 1.52. The van der Waals surface area contributed by atoms with Crippen LogP contribution < -0.4 is 0 Å². The Labute approximate surface area is 50.5 Å². The Balaban J connectivity index is 2.53. The van der Waals surface area contributed by atoms with Crippen molar-refractivity contribution >= 4 is 0 Å². The highest BCUT2D eigenvalue weighted by molar-refractivity contribution is 4.36. The summed E-state index contributed by atoms with van der Waals surface area (Å²) in [5, 5.41) is 9.82. The average molecular weight is 116 g/mol. The molecule has 0 aromatic rings. The van der Waals surface area contributed by atoms with Crippen LogP contribution in [0.1, 0.15) is 12.8 Å². The van der Waals surface area contributed by atoms with Gasteiger partial charge in [-0.25, -0.2) is 5.11 Å². The van der Waals surface area contributed by atoms with Crippen LogP contribution in [0.15, 0.2) is 0 Å². The van der Waals surface area contributed by atoms with Crippen LogP contribution in [-0.4, -0.2) is 19.8 Å². The second-order valence-electron chi connectivity index (χ2n) is 1.52. The van der Waals surface area contributed by atoms with Gasteiger partial charge in [-0.15, -0.1) is 0 Å². The summed E-state index contributed by atoms with van der Waals surface area (Å²) in [6.07, 6.45) is 1.60. The van der Waals surface area contributed by atoms with Crippen LogP contribution in [0.3, 0.4) is 0 Å². The predicted molar refractivity (Wildman–Crippen MR) is 31.0 cm³/mol. The van der Waals surface area contributed by atoms with E-state index in [1.165, 1.54) is 0 Å². The zero-order chi connectivity index (χ0) is 6.24. The molecule has 0 spiro atoms. The van der Waals surface area contributed by atoms with Gasteiger partial charge in [-0.2, -0.15) is 0 Å². The van der Waals surface area contributed by atoms with E-state index < -0.39 is 0 Å². The van der Waals surface area contributed by atoms with Crippen molar-refractivity contribution in [2.24, 2.45) is 0 Å². The van der Waals surface area contributed by atoms with Crippen LogP contribution >= 0.6 is 0 Å². The molecule has 8 heavy (non-hydrogen) atoms. The van der Waals surface area contributed by atoms with Gasteiger partial charge in [0, 0.05) is 13.2 Å². The Kier molecular flexibility index (Phi) is 6.85. The molecule has 2 heteroatoms. The topological polar surface area (TPSA) is 29.1 Å². The lowest BCUT2D eigenvalue weighted by Crippen LogP contribution is -1.93. The third-order valence-electron chi connectivity index (χ3n) is 0.827. The highest BCUT2D eigenvalue weighted by Crippen LogP contribution is 1.86. The Morgan fingerprint density at radius 1 is 1.38 bits per heavy atom. The maximum absolute atomic E-state index is 9.82. The molecule has 0 aliphatic heterocycles. The molecule has 0 aromatic carbocycles. The molecule has 0 aliphatic carbocycles. The smallest absolute Gasteiger partial charge is 0.0823 e. The van der Waals surface area contributed by atoms with Crippen LogP contribution in [0.5, 0.6) is 0 Å². The summed E-state index contributed by atoms with van der Waals surface area (Å²) in [5.41, 5.74) is 0. The lowest BCUT2D eigenvalue weighted by atomic mass is 10.3. The SMILES string of the molecule is [CH2]COCCCC[O]. The molecule has 0 heterocycles. The molecule has 0 bridgehead atoms. The third kappa shape index (κ3) is 5.92. The predicted octanol–water partition coefficient (Wildman–Crippen LogP) is 1.05. The van der Waals surface area contributed by atoms with Crippen molar-refractivity contribution in [2.45, 2.75) is 12.8 Å². The summed E-state index contributed by atoms with van der Waals surface area (Å²) in [5.74, 6) is 0. The van der Waals surface area contributed by atoms with Gasteiger partial charge in [-0.3, -0.25) is 0 Å². The number of unbranched alkanes of at least 4 members (excludes halogenated alkanes) is 1. The van der Waals surface area contributed by atoms with Crippen molar-refractivity contribution < 1.29 is 9.84 Å². The molecule has 0 saturated carbocycles. The van der Waals surface area contributed by atoms with Gasteiger partial charge < -0.3 is 4.74 Å². The third-order valence-corrected chi connectivity index (χ3v) is 0.827. The van der Waals surface area contributed by atoms with Crippen molar-refractivity contribution in [3.63, 3.8) is 0 Å². The maximum Gasteiger partial charge on any atom is 0.0823 e. The van der Waals surface area contributed by atoms with Crippen molar-refractivity contribution in [3.8, 4) is 0 Å². The van der Waals surface area contributed by atoms with Crippen molar-refractivity contribution in [2.75, 3.05) is 19.8 Å². The molecule has 0 fully saturated rings. The summed E-state index contributed by atoms with van der Waals surface area (Å²) in [6.45, 7) is 4.70. The Bertz CT molecular complexity index is 31.5. The van der Waals surface area contributed by atoms with E-state index in [0.717, 1.165) is 12.8 Å². The number of ether oxygens (including phenoxy) is 1. The van der Waals surface area contributed by atoms with E-state index >= 15 is 0 Å². The lowest BCUT2D eigenvalue weighted by molar-refractivity contribution is 0.135. The molecule has 0 saturated heterocycles. The van der Waals surface area contributed by atoms with Crippen LogP contribution in [0.25, 0.3) is 0 Å². The van der Waals surface area contributed by atoms with Gasteiger partial charge in [0.2, 0.25) is 0 Å². The van der Waals surface area contributed by atoms with E-state index in [1.807, 2.05) is 0 Å². The second kappa shape index (κ2) is 6.92. The molecule has 0 rings (SSSR count). The Hall–Kier alpha value is -0.0800. The summed E-state index contributed by atoms with van der Waals surface area (Å²) in [4.78, 5) is 0. The van der Waals surface area contributed by atoms with E-state index in [0.29, 0.717) is 13.2 Å². The fourth-order valence-electron chi connectivity index (χ4n) is 0.408. The van der Waals surface area contributed by atoms with Gasteiger partial charge in [0.25, 0.3) is 0 Å². The Morgan fingerprint density at radius 2 is 2.12 bits per heavy atom. The fraction of sp³-hybridized carbons (Fsp3) is 0.833. The van der Waals surface area contributed by atoms with E-state index in [4.69, 9.17) is 4.74 Å². The number of rotatable bonds is 5. The molecule has 0 N–H and O–H groups in total. The van der Waals surface area contributed by atoms with Gasteiger partial charge in [0.15, 0.2) is 0 Å². The Morgan fingerprint density at radius 3 is 2.62 bits per heavy atom. The molecule has 0 aliphatic rings. The molecular weight excluding hydrogens is 104 g/mol. The van der Waals surface area contributed by atoms with Crippen molar-refractivity contribution in [1.29, 1.82) is 0 Å². The summed E-state index contributed by atoms with van der Waals surface area (Å²) >= 11 is 0. The van der Waals surface area contributed by atoms with Gasteiger partial charge in [-0.05, 0) is 19.8 Å². The molecule has 0 aromatic heterocycles. The van der Waals surface area contributed by atoms with E-state index in [2.05, 4.69) is 6.92 Å². The minimum atomic E-state index is 0.0144. The summed E-state index contributed by atoms with van der Waals surface area (Å²) < 4.78 is 4.89. The first-order valence-corrected chi connectivity index (χ1v) is 2.87. The molecular formula is C6H12O2. The first-order valence-electron chi connectivity index (χ1n) is 2.87. The average Bonchev–Trinajstić information content (AvgIpc) is 1.81. The minimum Gasteiger partial charge on any atom is -0.381 e. The number of hydrogen-bond acceptors (Lipinski definition) is 1. The van der Waals surface area contributed by atoms with E-state index in [1.54, 1.807) is 0 Å². The monoisotopic (exact) mass is 116 g/mol. The van der Waals surface area contributed by atoms with Crippen LogP contribution in [-0.2, 0) is 9.84 Å². The van der Waals surface area contributed by atoms with Crippen LogP contribution in [0.4, 0.5) is 0 Å². The summed E-state index contributed by atoms with van der Waals surface area (Å²) in [6, 6.07) is 0. The van der Waals surface area contributed by atoms with Gasteiger partial charge >= 0.3 is 0 Å².